The van der Waals surface area contributed by atoms with Crippen LogP contribution in [-0.2, 0) is 5.54 Å². The van der Waals surface area contributed by atoms with E-state index < -0.39 is 0 Å². The first kappa shape index (κ1) is 14.7. The molecule has 3 heteroatoms. The molecule has 0 bridgehead atoms. The maximum Gasteiger partial charge on any atom is 0.113 e. The van der Waals surface area contributed by atoms with Crippen molar-refractivity contribution in [1.82, 2.24) is 4.98 Å². The molecule has 1 heterocycles. The van der Waals surface area contributed by atoms with Crippen LogP contribution in [0.5, 0.6) is 0 Å². The van der Waals surface area contributed by atoms with Gasteiger partial charge in [0.25, 0.3) is 0 Å². The van der Waals surface area contributed by atoms with Gasteiger partial charge in [0.15, 0.2) is 0 Å². The van der Waals surface area contributed by atoms with Crippen molar-refractivity contribution in [2.75, 3.05) is 0 Å². The number of rotatable bonds is 2. The van der Waals surface area contributed by atoms with Crippen molar-refractivity contribution in [3.63, 3.8) is 0 Å². The third kappa shape index (κ3) is 2.77. The van der Waals surface area contributed by atoms with E-state index in [9.17, 15) is 0 Å². The highest BCUT2D eigenvalue weighted by atomic mass is 32.1. The number of aryl methyl sites for hydroxylation is 3. The summed E-state index contributed by atoms with van der Waals surface area (Å²) < 4.78 is 0. The van der Waals surface area contributed by atoms with E-state index in [1.807, 2.05) is 0 Å². The van der Waals surface area contributed by atoms with Crippen molar-refractivity contribution in [2.45, 2.75) is 58.4 Å². The fourth-order valence-corrected chi connectivity index (χ4v) is 4.58. The van der Waals surface area contributed by atoms with Crippen molar-refractivity contribution < 1.29 is 0 Å². The Morgan fingerprint density at radius 3 is 2.29 bits per heavy atom. The second-order valence-corrected chi connectivity index (χ2v) is 7.39. The molecule has 0 spiro atoms. The molecule has 1 aliphatic rings. The molecule has 2 N–H and O–H groups in total. The number of benzene rings is 1. The summed E-state index contributed by atoms with van der Waals surface area (Å²) in [6.07, 6.45) is 5.92. The molecule has 0 amide bonds. The summed E-state index contributed by atoms with van der Waals surface area (Å²) >= 11 is 1.74. The molecule has 1 aliphatic carbocycles. The first-order valence-corrected chi connectivity index (χ1v) is 8.71. The van der Waals surface area contributed by atoms with Gasteiger partial charge in [0.05, 0.1) is 11.2 Å². The molecule has 1 aromatic carbocycles. The molecule has 0 atom stereocenters. The van der Waals surface area contributed by atoms with Crippen molar-refractivity contribution in [3.8, 4) is 11.3 Å². The molecule has 2 aromatic rings. The van der Waals surface area contributed by atoms with E-state index in [0.29, 0.717) is 0 Å². The van der Waals surface area contributed by atoms with Gasteiger partial charge in [-0.3, -0.25) is 0 Å². The lowest BCUT2D eigenvalue weighted by Gasteiger charge is -2.31. The zero-order chi connectivity index (χ0) is 15.0. The van der Waals surface area contributed by atoms with Crippen molar-refractivity contribution in [3.05, 3.63) is 39.2 Å². The first-order valence-electron chi connectivity index (χ1n) is 7.83. The van der Waals surface area contributed by atoms with Crippen LogP contribution < -0.4 is 5.73 Å². The third-order valence-electron chi connectivity index (χ3n) is 4.61. The maximum absolute atomic E-state index is 6.62. The summed E-state index contributed by atoms with van der Waals surface area (Å²) in [6.45, 7) is 6.49. The van der Waals surface area contributed by atoms with Gasteiger partial charge >= 0.3 is 0 Å². The predicted molar refractivity (Wildman–Crippen MR) is 90.7 cm³/mol. The van der Waals surface area contributed by atoms with Crippen LogP contribution in [0.4, 0.5) is 0 Å². The van der Waals surface area contributed by atoms with E-state index in [4.69, 9.17) is 10.7 Å². The molecule has 0 saturated heterocycles. The van der Waals surface area contributed by atoms with Gasteiger partial charge in [0.1, 0.15) is 5.01 Å². The summed E-state index contributed by atoms with van der Waals surface area (Å²) in [7, 11) is 0. The highest BCUT2D eigenvalue weighted by Crippen LogP contribution is 2.38. The number of nitrogens with zero attached hydrogens (tertiary/aromatic N) is 1. The Hall–Kier alpha value is -1.19. The third-order valence-corrected chi connectivity index (χ3v) is 5.67. The predicted octanol–water partition coefficient (Wildman–Crippen LogP) is 4.85. The van der Waals surface area contributed by atoms with E-state index in [0.717, 1.165) is 23.5 Å². The van der Waals surface area contributed by atoms with E-state index in [1.54, 1.807) is 11.3 Å². The minimum Gasteiger partial charge on any atom is -0.319 e. The summed E-state index contributed by atoms with van der Waals surface area (Å²) in [5.41, 5.74) is 12.7. The molecule has 0 aliphatic heterocycles. The Bertz CT molecular complexity index is 628. The Morgan fingerprint density at radius 2 is 1.67 bits per heavy atom. The quantitative estimate of drug-likeness (QED) is 0.860. The monoisotopic (exact) mass is 300 g/mol. The summed E-state index contributed by atoms with van der Waals surface area (Å²) in [4.78, 5) is 4.92. The molecular weight excluding hydrogens is 276 g/mol. The zero-order valence-electron chi connectivity index (χ0n) is 13.2. The van der Waals surface area contributed by atoms with Crippen LogP contribution in [0.2, 0.25) is 0 Å². The van der Waals surface area contributed by atoms with Gasteiger partial charge in [-0.2, -0.15) is 0 Å². The lowest BCUT2D eigenvalue weighted by atomic mass is 9.83. The van der Waals surface area contributed by atoms with Crippen molar-refractivity contribution >= 4 is 11.3 Å². The first-order chi connectivity index (χ1) is 9.99. The van der Waals surface area contributed by atoms with Crippen LogP contribution in [0, 0.1) is 20.8 Å². The molecule has 0 unspecified atom stereocenters. The summed E-state index contributed by atoms with van der Waals surface area (Å²) in [5.74, 6) is 0. The van der Waals surface area contributed by atoms with Crippen LogP contribution >= 0.6 is 11.3 Å². The zero-order valence-corrected chi connectivity index (χ0v) is 14.0. The second kappa shape index (κ2) is 5.54. The average Bonchev–Trinajstić information content (AvgIpc) is 2.88. The highest BCUT2D eigenvalue weighted by Gasteiger charge is 2.32. The second-order valence-electron chi connectivity index (χ2n) is 6.53. The standard InChI is InChI=1S/C18H24N2S/c1-12-9-13(2)16(14(3)10-12)15-11-21-17(20-15)18(19)7-5-4-6-8-18/h9-11H,4-8,19H2,1-3H3. The van der Waals surface area contributed by atoms with Crippen molar-refractivity contribution in [1.29, 1.82) is 0 Å². The van der Waals surface area contributed by atoms with Crippen LogP contribution in [-0.4, -0.2) is 4.98 Å². The molecule has 21 heavy (non-hydrogen) atoms. The number of hydrogen-bond donors (Lipinski definition) is 1. The normalized spacial score (nSPS) is 17.9. The van der Waals surface area contributed by atoms with Crippen LogP contribution in [0.3, 0.4) is 0 Å². The summed E-state index contributed by atoms with van der Waals surface area (Å²) in [5, 5.41) is 3.31. The van der Waals surface area contributed by atoms with Crippen LogP contribution in [0.25, 0.3) is 11.3 Å². The van der Waals surface area contributed by atoms with E-state index in [1.165, 1.54) is 41.5 Å². The molecule has 112 valence electrons. The van der Waals surface area contributed by atoms with Crippen molar-refractivity contribution in [2.24, 2.45) is 5.73 Å². The number of thiazole rings is 1. The minimum absolute atomic E-state index is 0.187. The van der Waals surface area contributed by atoms with Crippen LogP contribution in [0.1, 0.15) is 53.8 Å². The molecule has 0 radical (unpaired) electrons. The Morgan fingerprint density at radius 1 is 1.05 bits per heavy atom. The Kier molecular flexibility index (Phi) is 3.89. The molecule has 3 rings (SSSR count). The maximum atomic E-state index is 6.62. The molecule has 1 aromatic heterocycles. The smallest absolute Gasteiger partial charge is 0.113 e. The lowest BCUT2D eigenvalue weighted by molar-refractivity contribution is 0.301. The average molecular weight is 300 g/mol. The summed E-state index contributed by atoms with van der Waals surface area (Å²) in [6, 6.07) is 4.47. The van der Waals surface area contributed by atoms with Gasteiger partial charge in [-0.15, -0.1) is 11.3 Å². The Balaban J connectivity index is 1.99. The number of hydrogen-bond acceptors (Lipinski definition) is 3. The molecule has 1 saturated carbocycles. The van der Waals surface area contributed by atoms with Crippen LogP contribution in [0.15, 0.2) is 17.5 Å². The van der Waals surface area contributed by atoms with Gasteiger partial charge < -0.3 is 5.73 Å². The van der Waals surface area contributed by atoms with E-state index in [2.05, 4.69) is 38.3 Å². The highest BCUT2D eigenvalue weighted by molar-refractivity contribution is 7.10. The van der Waals surface area contributed by atoms with E-state index >= 15 is 0 Å². The van der Waals surface area contributed by atoms with E-state index in [-0.39, 0.29) is 5.54 Å². The lowest BCUT2D eigenvalue weighted by Crippen LogP contribution is -2.38. The SMILES string of the molecule is Cc1cc(C)c(-c2csc(C3(N)CCCCC3)n2)c(C)c1. The van der Waals surface area contributed by atoms with Gasteiger partial charge in [-0.05, 0) is 44.7 Å². The fourth-order valence-electron chi connectivity index (χ4n) is 3.60. The topological polar surface area (TPSA) is 38.9 Å². The molecular formula is C18H24N2S. The largest absolute Gasteiger partial charge is 0.319 e. The minimum atomic E-state index is -0.187. The van der Waals surface area contributed by atoms with Gasteiger partial charge in [0, 0.05) is 10.9 Å². The number of nitrogens with two attached hydrogens (primary N) is 1. The Labute approximate surface area is 131 Å². The van der Waals surface area contributed by atoms with Gasteiger partial charge in [-0.25, -0.2) is 4.98 Å². The molecule has 1 fully saturated rings. The fraction of sp³-hybridized carbons (Fsp3) is 0.500. The number of aromatic nitrogens is 1. The molecule has 2 nitrogen and oxygen atoms in total. The van der Waals surface area contributed by atoms with Gasteiger partial charge in [-0.1, -0.05) is 37.0 Å². The van der Waals surface area contributed by atoms with Gasteiger partial charge in [0.2, 0.25) is 0 Å².